The molecule has 0 radical (unpaired) electrons. The van der Waals surface area contributed by atoms with Crippen molar-refractivity contribution < 1.29 is 18.8 Å². The molecular weight excluding hydrogens is 335 g/mol. The Hall–Kier alpha value is -2.50. The quantitative estimate of drug-likeness (QED) is 0.666. The molecule has 1 heterocycles. The maximum Gasteiger partial charge on any atom is 0.233 e. The molecule has 1 saturated heterocycles. The lowest BCUT2D eigenvalue weighted by atomic mass is 9.63. The highest BCUT2D eigenvalue weighted by atomic mass is 19.1. The van der Waals surface area contributed by atoms with E-state index in [1.54, 1.807) is 0 Å². The molecular formula is C20H19FN2O3. The predicted octanol–water partition coefficient (Wildman–Crippen LogP) is 2.21. The fraction of sp³-hybridized carbons (Fsp3) is 0.450. The van der Waals surface area contributed by atoms with Crippen molar-refractivity contribution in [1.82, 2.24) is 4.90 Å². The summed E-state index contributed by atoms with van der Waals surface area (Å²) >= 11 is 0. The minimum atomic E-state index is -0.375. The molecule has 1 N–H and O–H groups in total. The molecule has 3 amide bonds. The maximum atomic E-state index is 12.9. The van der Waals surface area contributed by atoms with Crippen LogP contribution in [0.2, 0.25) is 0 Å². The summed E-state index contributed by atoms with van der Waals surface area (Å²) < 4.78 is 12.9. The number of benzene rings is 1. The van der Waals surface area contributed by atoms with Crippen LogP contribution in [0.25, 0.3) is 0 Å². The summed E-state index contributed by atoms with van der Waals surface area (Å²) in [5.41, 5.74) is 0.492. The highest BCUT2D eigenvalue weighted by molar-refractivity contribution is 6.06. The van der Waals surface area contributed by atoms with Crippen molar-refractivity contribution in [2.75, 3.05) is 11.9 Å². The Labute approximate surface area is 150 Å². The molecule has 0 spiro atoms. The van der Waals surface area contributed by atoms with Crippen molar-refractivity contribution in [1.29, 1.82) is 0 Å². The highest BCUT2D eigenvalue weighted by Gasteiger charge is 2.66. The first-order valence-corrected chi connectivity index (χ1v) is 9.13. The lowest BCUT2D eigenvalue weighted by Crippen LogP contribution is -2.40. The third-order valence-electron chi connectivity index (χ3n) is 6.44. The van der Waals surface area contributed by atoms with Crippen LogP contribution in [0.1, 0.15) is 12.8 Å². The van der Waals surface area contributed by atoms with Gasteiger partial charge in [0.15, 0.2) is 0 Å². The van der Waals surface area contributed by atoms with Gasteiger partial charge in [-0.2, -0.15) is 0 Å². The first-order valence-electron chi connectivity index (χ1n) is 9.13. The SMILES string of the molecule is O=C(CCN1C(=O)[C@@H]2[C@H]3C=C[C@@H]([C@@H]4C[C@H]34)[C@@H]2C1=O)Nc1ccc(F)cc1. The summed E-state index contributed by atoms with van der Waals surface area (Å²) in [5, 5.41) is 2.66. The molecule has 6 rings (SSSR count). The minimum Gasteiger partial charge on any atom is -0.326 e. The number of nitrogens with one attached hydrogen (secondary N) is 1. The zero-order valence-electron chi connectivity index (χ0n) is 14.1. The van der Waals surface area contributed by atoms with Crippen LogP contribution in [-0.2, 0) is 14.4 Å². The number of imide groups is 1. The molecule has 1 aliphatic heterocycles. The van der Waals surface area contributed by atoms with Crippen LogP contribution in [-0.4, -0.2) is 29.2 Å². The van der Waals surface area contributed by atoms with E-state index in [0.717, 1.165) is 6.42 Å². The summed E-state index contributed by atoms with van der Waals surface area (Å²) in [4.78, 5) is 39.0. The van der Waals surface area contributed by atoms with Gasteiger partial charge >= 0.3 is 0 Å². The molecule has 6 heteroatoms. The van der Waals surface area contributed by atoms with E-state index < -0.39 is 0 Å². The van der Waals surface area contributed by atoms with Gasteiger partial charge in [0.2, 0.25) is 17.7 Å². The third kappa shape index (κ3) is 2.24. The molecule has 3 fully saturated rings. The van der Waals surface area contributed by atoms with Gasteiger partial charge in [0, 0.05) is 18.7 Å². The second-order valence-corrected chi connectivity index (χ2v) is 7.79. The summed E-state index contributed by atoms with van der Waals surface area (Å²) in [6.07, 6.45) is 5.45. The largest absolute Gasteiger partial charge is 0.326 e. The molecule has 1 aromatic rings. The number of nitrogens with zero attached hydrogens (tertiary/aromatic N) is 1. The lowest BCUT2D eigenvalue weighted by Gasteiger charge is -2.37. The molecule has 0 aromatic heterocycles. The fourth-order valence-electron chi connectivity index (χ4n) is 5.21. The van der Waals surface area contributed by atoms with Crippen LogP contribution < -0.4 is 5.32 Å². The first kappa shape index (κ1) is 15.7. The summed E-state index contributed by atoms with van der Waals surface area (Å²) in [7, 11) is 0. The van der Waals surface area contributed by atoms with Gasteiger partial charge in [-0.1, -0.05) is 12.2 Å². The summed E-state index contributed by atoms with van der Waals surface area (Å²) in [6.45, 7) is 0.104. The number of allylic oxidation sites excluding steroid dienone is 2. The van der Waals surface area contributed by atoms with E-state index in [0.29, 0.717) is 17.5 Å². The monoisotopic (exact) mass is 354 g/mol. The number of halogens is 1. The fourth-order valence-corrected chi connectivity index (χ4v) is 5.21. The topological polar surface area (TPSA) is 66.5 Å². The molecule has 6 atom stereocenters. The van der Waals surface area contributed by atoms with E-state index in [1.165, 1.54) is 29.2 Å². The maximum absolute atomic E-state index is 12.9. The second-order valence-electron chi connectivity index (χ2n) is 7.79. The van der Waals surface area contributed by atoms with E-state index in [9.17, 15) is 18.8 Å². The van der Waals surface area contributed by atoms with Crippen LogP contribution in [0.5, 0.6) is 0 Å². The average Bonchev–Trinajstić information content (AvgIpc) is 3.41. The molecule has 5 nitrogen and oxygen atoms in total. The van der Waals surface area contributed by atoms with Crippen molar-refractivity contribution >= 4 is 23.4 Å². The van der Waals surface area contributed by atoms with E-state index >= 15 is 0 Å². The summed E-state index contributed by atoms with van der Waals surface area (Å²) in [5.74, 6) is 0.209. The lowest BCUT2D eigenvalue weighted by molar-refractivity contribution is -0.140. The molecule has 5 aliphatic rings. The number of anilines is 1. The van der Waals surface area contributed by atoms with Crippen molar-refractivity contribution in [3.8, 4) is 0 Å². The molecule has 0 unspecified atom stereocenters. The van der Waals surface area contributed by atoms with Crippen LogP contribution in [0.15, 0.2) is 36.4 Å². The van der Waals surface area contributed by atoms with Gasteiger partial charge in [0.25, 0.3) is 0 Å². The standard InChI is InChI=1S/C20H19FN2O3/c21-10-1-3-11(4-2-10)22-16(24)7-8-23-19(25)17-12-5-6-13(15-9-14(12)15)18(17)20(23)26/h1-6,12-15,17-18H,7-9H2,(H,22,24)/t12-,13-,14-,15+,17-,18+/m0/s1. The molecule has 4 aliphatic carbocycles. The number of likely N-dealkylation sites (tertiary alicyclic amines) is 1. The Balaban J connectivity index is 1.24. The third-order valence-corrected chi connectivity index (χ3v) is 6.44. The average molecular weight is 354 g/mol. The van der Waals surface area contributed by atoms with Gasteiger partial charge in [-0.25, -0.2) is 4.39 Å². The highest BCUT2D eigenvalue weighted by Crippen LogP contribution is 2.65. The number of hydrogen-bond acceptors (Lipinski definition) is 3. The zero-order chi connectivity index (χ0) is 18.0. The molecule has 2 saturated carbocycles. The van der Waals surface area contributed by atoms with Crippen LogP contribution in [0.4, 0.5) is 10.1 Å². The van der Waals surface area contributed by atoms with Gasteiger partial charge in [-0.3, -0.25) is 19.3 Å². The zero-order valence-corrected chi connectivity index (χ0v) is 14.1. The van der Waals surface area contributed by atoms with E-state index in [-0.39, 0.29) is 60.2 Å². The van der Waals surface area contributed by atoms with Gasteiger partial charge in [-0.05, 0) is 54.4 Å². The van der Waals surface area contributed by atoms with Gasteiger partial charge < -0.3 is 5.32 Å². The van der Waals surface area contributed by atoms with Crippen molar-refractivity contribution in [2.24, 2.45) is 35.5 Å². The van der Waals surface area contributed by atoms with E-state index in [4.69, 9.17) is 0 Å². The van der Waals surface area contributed by atoms with Gasteiger partial charge in [-0.15, -0.1) is 0 Å². The second kappa shape index (κ2) is 5.50. The van der Waals surface area contributed by atoms with Gasteiger partial charge in [0.05, 0.1) is 11.8 Å². The predicted molar refractivity (Wildman–Crippen MR) is 91.1 cm³/mol. The number of amides is 3. The number of carbonyl (C=O) groups is 3. The van der Waals surface area contributed by atoms with E-state index in [1.807, 2.05) is 0 Å². The Morgan fingerprint density at radius 1 is 1.04 bits per heavy atom. The Kier molecular flexibility index (Phi) is 3.33. The van der Waals surface area contributed by atoms with Crippen LogP contribution in [0, 0.1) is 41.3 Å². The molecule has 2 bridgehead atoms. The number of rotatable bonds is 4. The van der Waals surface area contributed by atoms with Crippen molar-refractivity contribution in [2.45, 2.75) is 12.8 Å². The molecule has 134 valence electrons. The number of hydrogen-bond donors (Lipinski definition) is 1. The first-order chi connectivity index (χ1) is 12.5. The van der Waals surface area contributed by atoms with Gasteiger partial charge in [0.1, 0.15) is 5.82 Å². The smallest absolute Gasteiger partial charge is 0.233 e. The van der Waals surface area contributed by atoms with E-state index in [2.05, 4.69) is 17.5 Å². The van der Waals surface area contributed by atoms with Crippen molar-refractivity contribution in [3.05, 3.63) is 42.2 Å². The van der Waals surface area contributed by atoms with Crippen LogP contribution in [0.3, 0.4) is 0 Å². The minimum absolute atomic E-state index is 0.0456. The van der Waals surface area contributed by atoms with Crippen molar-refractivity contribution in [3.63, 3.8) is 0 Å². The Morgan fingerprint density at radius 3 is 2.19 bits per heavy atom. The van der Waals surface area contributed by atoms with Crippen LogP contribution >= 0.6 is 0 Å². The summed E-state index contributed by atoms with van der Waals surface area (Å²) in [6, 6.07) is 5.48. The molecule has 1 aromatic carbocycles. The number of carbonyl (C=O) groups excluding carboxylic acids is 3. The Morgan fingerprint density at radius 2 is 1.62 bits per heavy atom. The normalized spacial score (nSPS) is 36.1. The molecule has 26 heavy (non-hydrogen) atoms. The Bertz CT molecular complexity index is 798.